The van der Waals surface area contributed by atoms with E-state index in [0.29, 0.717) is 0 Å². The molecule has 1 aliphatic rings. The largest absolute Gasteiger partial charge is 0.487 e. The van der Waals surface area contributed by atoms with Crippen molar-refractivity contribution < 1.29 is 14.6 Å². The van der Waals surface area contributed by atoms with Crippen LogP contribution < -0.4 is 4.74 Å². The van der Waals surface area contributed by atoms with Crippen LogP contribution in [-0.2, 0) is 16.6 Å². The van der Waals surface area contributed by atoms with Crippen molar-refractivity contribution in [3.8, 4) is 17.6 Å². The quantitative estimate of drug-likeness (QED) is 0.186. The third kappa shape index (κ3) is 8.33. The molecule has 2 aromatic rings. The number of benzene rings is 1. The summed E-state index contributed by atoms with van der Waals surface area (Å²) in [6, 6.07) is 8.72. The number of carboxylic acids is 1. The second kappa shape index (κ2) is 12.4. The standard InChI is InChI=1S/C30H40O3S2/c1-6-7-8-11-18-34-27-20-26-25(29(2,3)21-30(4,5)33-26)19-22(27)14-15-24-17-16-23(35-24)12-9-10-13-28(31)32/h16-17,19-20H,6-13,18,21H2,1-5H3,(H,31,32). The van der Waals surface area contributed by atoms with Crippen molar-refractivity contribution in [2.45, 2.75) is 108 Å². The van der Waals surface area contributed by atoms with Gasteiger partial charge in [-0.2, -0.15) is 0 Å². The van der Waals surface area contributed by atoms with E-state index in [2.05, 4.69) is 70.7 Å². The minimum Gasteiger partial charge on any atom is -0.487 e. The van der Waals surface area contributed by atoms with Gasteiger partial charge in [-0.05, 0) is 81.4 Å². The summed E-state index contributed by atoms with van der Waals surface area (Å²) in [6.07, 6.45) is 8.78. The van der Waals surface area contributed by atoms with Crippen LogP contribution in [-0.4, -0.2) is 22.4 Å². The van der Waals surface area contributed by atoms with Gasteiger partial charge in [-0.1, -0.05) is 51.9 Å². The summed E-state index contributed by atoms with van der Waals surface area (Å²) in [5.74, 6) is 8.29. The van der Waals surface area contributed by atoms with E-state index in [1.54, 1.807) is 11.3 Å². The van der Waals surface area contributed by atoms with Crippen molar-refractivity contribution in [1.29, 1.82) is 0 Å². The predicted molar refractivity (Wildman–Crippen MR) is 149 cm³/mol. The van der Waals surface area contributed by atoms with Crippen LogP contribution >= 0.6 is 23.1 Å². The number of fused-ring (bicyclic) bond motifs is 1. The Balaban J connectivity index is 1.81. The number of aryl methyl sites for hydroxylation is 1. The van der Waals surface area contributed by atoms with Crippen LogP contribution in [0.15, 0.2) is 29.2 Å². The first kappa shape index (κ1) is 27.7. The van der Waals surface area contributed by atoms with Gasteiger partial charge < -0.3 is 9.84 Å². The normalized spacial score (nSPS) is 15.6. The number of thiophene rings is 1. The van der Waals surface area contributed by atoms with Crippen LogP contribution in [0.25, 0.3) is 0 Å². The van der Waals surface area contributed by atoms with Crippen LogP contribution in [0.2, 0.25) is 0 Å². The highest BCUT2D eigenvalue weighted by molar-refractivity contribution is 7.99. The molecule has 0 bridgehead atoms. The number of rotatable bonds is 11. The Hall–Kier alpha value is -1.90. The Kier molecular flexibility index (Phi) is 9.78. The van der Waals surface area contributed by atoms with Crippen molar-refractivity contribution in [1.82, 2.24) is 0 Å². The van der Waals surface area contributed by atoms with Gasteiger partial charge in [-0.25, -0.2) is 0 Å². The lowest BCUT2D eigenvalue weighted by Gasteiger charge is -2.42. The van der Waals surface area contributed by atoms with E-state index in [9.17, 15) is 4.79 Å². The van der Waals surface area contributed by atoms with Gasteiger partial charge in [0.05, 0.1) is 4.88 Å². The van der Waals surface area contributed by atoms with Crippen molar-refractivity contribution in [3.63, 3.8) is 0 Å². The lowest BCUT2D eigenvalue weighted by atomic mass is 9.73. The summed E-state index contributed by atoms with van der Waals surface area (Å²) >= 11 is 3.62. The first-order valence-corrected chi connectivity index (χ1v) is 14.7. The number of ether oxygens (including phenoxy) is 1. The second-order valence-corrected chi connectivity index (χ2v) is 13.1. The Bertz CT molecular complexity index is 1070. The number of hydrogen-bond donors (Lipinski definition) is 1. The Morgan fingerprint density at radius 2 is 1.89 bits per heavy atom. The molecule has 0 amide bonds. The topological polar surface area (TPSA) is 46.5 Å². The maximum Gasteiger partial charge on any atom is 0.303 e. The molecular formula is C30H40O3S2. The Morgan fingerprint density at radius 1 is 1.09 bits per heavy atom. The number of carboxylic acid groups (broad SMARTS) is 1. The molecule has 2 heterocycles. The molecule has 35 heavy (non-hydrogen) atoms. The number of carbonyl (C=O) groups is 1. The predicted octanol–water partition coefficient (Wildman–Crippen LogP) is 8.46. The van der Waals surface area contributed by atoms with Crippen LogP contribution in [0.3, 0.4) is 0 Å². The molecule has 0 saturated carbocycles. The summed E-state index contributed by atoms with van der Waals surface area (Å²) in [6.45, 7) is 11.2. The van der Waals surface area contributed by atoms with Gasteiger partial charge in [-0.15, -0.1) is 23.1 Å². The molecule has 1 aromatic carbocycles. The van der Waals surface area contributed by atoms with E-state index in [1.807, 2.05) is 11.8 Å². The maximum atomic E-state index is 10.7. The van der Waals surface area contributed by atoms with Gasteiger partial charge in [0.2, 0.25) is 0 Å². The van der Waals surface area contributed by atoms with Gasteiger partial charge in [0.15, 0.2) is 0 Å². The molecule has 0 fully saturated rings. The highest BCUT2D eigenvalue weighted by Gasteiger charge is 2.39. The first-order valence-electron chi connectivity index (χ1n) is 12.9. The van der Waals surface area contributed by atoms with E-state index < -0.39 is 5.97 Å². The summed E-state index contributed by atoms with van der Waals surface area (Å²) < 4.78 is 6.43. The van der Waals surface area contributed by atoms with Crippen LogP contribution in [0.4, 0.5) is 0 Å². The summed E-state index contributed by atoms with van der Waals surface area (Å²) in [7, 11) is 0. The molecule has 0 radical (unpaired) electrons. The van der Waals surface area contributed by atoms with Crippen molar-refractivity contribution in [2.24, 2.45) is 0 Å². The lowest BCUT2D eigenvalue weighted by molar-refractivity contribution is -0.137. The smallest absolute Gasteiger partial charge is 0.303 e. The van der Waals surface area contributed by atoms with Crippen molar-refractivity contribution in [3.05, 3.63) is 45.1 Å². The molecule has 0 spiro atoms. The average molecular weight is 513 g/mol. The Morgan fingerprint density at radius 3 is 2.63 bits per heavy atom. The fraction of sp³-hybridized carbons (Fsp3) is 0.567. The zero-order valence-electron chi connectivity index (χ0n) is 22.0. The van der Waals surface area contributed by atoms with E-state index in [4.69, 9.17) is 9.84 Å². The van der Waals surface area contributed by atoms with Crippen molar-refractivity contribution >= 4 is 29.1 Å². The van der Waals surface area contributed by atoms with E-state index in [1.165, 1.54) is 41.0 Å². The third-order valence-corrected chi connectivity index (χ3v) is 8.57. The SMILES string of the molecule is CCCCCCSc1cc2c(cc1C#Cc1ccc(CCCCC(=O)O)s1)C(C)(C)CC(C)(C)O2. The molecule has 0 saturated heterocycles. The van der Waals surface area contributed by atoms with Crippen LogP contribution in [0.5, 0.6) is 5.75 Å². The van der Waals surface area contributed by atoms with E-state index >= 15 is 0 Å². The molecule has 0 aliphatic carbocycles. The first-order chi connectivity index (χ1) is 16.6. The molecule has 1 N–H and O–H groups in total. The van der Waals surface area contributed by atoms with Crippen molar-refractivity contribution in [2.75, 3.05) is 5.75 Å². The van der Waals surface area contributed by atoms with E-state index in [0.717, 1.165) is 47.6 Å². The number of unbranched alkanes of at least 4 members (excludes halogenated alkanes) is 4. The number of aliphatic carboxylic acids is 1. The minimum absolute atomic E-state index is 0.0316. The van der Waals surface area contributed by atoms with Gasteiger partial charge >= 0.3 is 5.97 Å². The fourth-order valence-corrected chi connectivity index (χ4v) is 6.81. The van der Waals surface area contributed by atoms with Crippen LogP contribution in [0.1, 0.15) is 107 Å². The molecule has 3 nitrogen and oxygen atoms in total. The molecule has 1 aromatic heterocycles. The van der Waals surface area contributed by atoms with Gasteiger partial charge in [0.25, 0.3) is 0 Å². The molecule has 1 aliphatic heterocycles. The zero-order chi connectivity index (χ0) is 25.5. The van der Waals surface area contributed by atoms with Gasteiger partial charge in [0.1, 0.15) is 11.4 Å². The maximum absolute atomic E-state index is 10.7. The molecule has 3 rings (SSSR count). The number of thioether (sulfide) groups is 1. The summed E-state index contributed by atoms with van der Waals surface area (Å²) in [4.78, 5) is 14.3. The fourth-order valence-electron chi connectivity index (χ4n) is 4.88. The van der Waals surface area contributed by atoms with Gasteiger partial charge in [-0.3, -0.25) is 4.79 Å². The van der Waals surface area contributed by atoms with Crippen LogP contribution in [0, 0.1) is 11.8 Å². The summed E-state index contributed by atoms with van der Waals surface area (Å²) in [5.41, 5.74) is 2.20. The lowest BCUT2D eigenvalue weighted by Crippen LogP contribution is -2.41. The average Bonchev–Trinajstić information content (AvgIpc) is 3.21. The van der Waals surface area contributed by atoms with Gasteiger partial charge in [0, 0.05) is 27.3 Å². The second-order valence-electron chi connectivity index (χ2n) is 10.8. The zero-order valence-corrected chi connectivity index (χ0v) is 23.6. The van der Waals surface area contributed by atoms with E-state index in [-0.39, 0.29) is 17.4 Å². The molecule has 0 atom stereocenters. The highest BCUT2D eigenvalue weighted by Crippen LogP contribution is 2.46. The third-order valence-electron chi connectivity index (χ3n) is 6.37. The Labute approximate surface area is 220 Å². The minimum atomic E-state index is -0.719. The summed E-state index contributed by atoms with van der Waals surface area (Å²) in [5, 5.41) is 8.81. The molecule has 0 unspecified atom stereocenters. The molecular weight excluding hydrogens is 472 g/mol. The molecule has 5 heteroatoms. The number of hydrogen-bond acceptors (Lipinski definition) is 4. The molecule has 190 valence electrons. The monoisotopic (exact) mass is 512 g/mol. The highest BCUT2D eigenvalue weighted by atomic mass is 32.2.